The molecule has 2 aromatic carbocycles. The fourth-order valence-electron chi connectivity index (χ4n) is 1.39. The van der Waals surface area contributed by atoms with Crippen LogP contribution in [-0.4, -0.2) is 5.97 Å². The van der Waals surface area contributed by atoms with Gasteiger partial charge in [0, 0.05) is 10.5 Å². The molecule has 0 amide bonds. The Morgan fingerprint density at radius 2 is 1.68 bits per heavy atom. The average molecular weight is 321 g/mol. The Labute approximate surface area is 118 Å². The highest BCUT2D eigenvalue weighted by atomic mass is 79.9. The van der Waals surface area contributed by atoms with Crippen molar-refractivity contribution < 1.29 is 13.9 Å². The number of halogens is 2. The van der Waals surface area contributed by atoms with E-state index in [0.717, 1.165) is 10.0 Å². The topological polar surface area (TPSA) is 26.3 Å². The number of ether oxygens (including phenoxy) is 1. The quantitative estimate of drug-likeness (QED) is 0.481. The third-order valence-corrected chi connectivity index (χ3v) is 2.84. The molecule has 0 bridgehead atoms. The molecule has 19 heavy (non-hydrogen) atoms. The van der Waals surface area contributed by atoms with Gasteiger partial charge in [0.1, 0.15) is 11.6 Å². The maximum Gasteiger partial charge on any atom is 0.336 e. The Bertz CT molecular complexity index is 589. The lowest BCUT2D eigenvalue weighted by atomic mass is 10.2. The summed E-state index contributed by atoms with van der Waals surface area (Å²) in [4.78, 5) is 11.5. The first-order chi connectivity index (χ1) is 9.13. The largest absolute Gasteiger partial charge is 0.423 e. The van der Waals surface area contributed by atoms with Crippen molar-refractivity contribution in [3.63, 3.8) is 0 Å². The van der Waals surface area contributed by atoms with E-state index < -0.39 is 5.97 Å². The van der Waals surface area contributed by atoms with Gasteiger partial charge in [0.15, 0.2) is 0 Å². The first-order valence-electron chi connectivity index (χ1n) is 5.54. The third-order valence-electron chi connectivity index (χ3n) is 2.31. The minimum atomic E-state index is -0.480. The van der Waals surface area contributed by atoms with Gasteiger partial charge in [-0.05, 0) is 48.0 Å². The van der Waals surface area contributed by atoms with Gasteiger partial charge in [-0.3, -0.25) is 0 Å². The Hall–Kier alpha value is -1.94. The summed E-state index contributed by atoms with van der Waals surface area (Å²) in [6.07, 6.45) is 2.87. The van der Waals surface area contributed by atoms with Gasteiger partial charge in [-0.1, -0.05) is 28.1 Å². The molecule has 2 nitrogen and oxygen atoms in total. The van der Waals surface area contributed by atoms with Crippen LogP contribution in [0, 0.1) is 5.82 Å². The molecular formula is C15H10BrFO2. The van der Waals surface area contributed by atoms with E-state index in [1.807, 2.05) is 0 Å². The molecule has 0 aliphatic heterocycles. The molecule has 0 spiro atoms. The Morgan fingerprint density at radius 1 is 1.05 bits per heavy atom. The molecule has 0 unspecified atom stereocenters. The summed E-state index contributed by atoms with van der Waals surface area (Å²) >= 11 is 3.29. The number of esters is 1. The number of hydrogen-bond donors (Lipinski definition) is 0. The van der Waals surface area contributed by atoms with E-state index in [2.05, 4.69) is 15.9 Å². The summed E-state index contributed by atoms with van der Waals surface area (Å²) in [5.41, 5.74) is 0.731. The standard InChI is InChI=1S/C15H10BrFO2/c16-12-4-8-14(9-5-12)19-15(18)10-3-11-1-6-13(17)7-2-11/h1-10H/b10-3+. The second-order valence-corrected chi connectivity index (χ2v) is 4.68. The van der Waals surface area contributed by atoms with Gasteiger partial charge in [-0.2, -0.15) is 0 Å². The molecule has 0 aliphatic carbocycles. The van der Waals surface area contributed by atoms with Gasteiger partial charge in [-0.25, -0.2) is 9.18 Å². The molecule has 0 atom stereocenters. The lowest BCUT2D eigenvalue weighted by Crippen LogP contribution is -2.03. The van der Waals surface area contributed by atoms with Gasteiger partial charge in [0.2, 0.25) is 0 Å². The predicted octanol–water partition coefficient (Wildman–Crippen LogP) is 4.21. The SMILES string of the molecule is O=C(/C=C/c1ccc(F)cc1)Oc1ccc(Br)cc1. The lowest BCUT2D eigenvalue weighted by Gasteiger charge is -2.00. The molecule has 0 aromatic heterocycles. The zero-order chi connectivity index (χ0) is 13.7. The van der Waals surface area contributed by atoms with Crippen LogP contribution in [0.1, 0.15) is 5.56 Å². The zero-order valence-electron chi connectivity index (χ0n) is 9.85. The van der Waals surface area contributed by atoms with E-state index in [0.29, 0.717) is 5.75 Å². The van der Waals surface area contributed by atoms with Gasteiger partial charge in [-0.15, -0.1) is 0 Å². The second-order valence-electron chi connectivity index (χ2n) is 3.76. The highest BCUT2D eigenvalue weighted by Crippen LogP contribution is 2.16. The van der Waals surface area contributed by atoms with Gasteiger partial charge >= 0.3 is 5.97 Å². The lowest BCUT2D eigenvalue weighted by molar-refractivity contribution is -0.128. The summed E-state index contributed by atoms with van der Waals surface area (Å²) in [6, 6.07) is 12.8. The van der Waals surface area contributed by atoms with Crippen LogP contribution in [-0.2, 0) is 4.79 Å². The van der Waals surface area contributed by atoms with Gasteiger partial charge in [0.05, 0.1) is 0 Å². The summed E-state index contributed by atoms with van der Waals surface area (Å²) in [5, 5.41) is 0. The van der Waals surface area contributed by atoms with Crippen molar-refractivity contribution in [1.29, 1.82) is 0 Å². The number of hydrogen-bond acceptors (Lipinski definition) is 2. The molecule has 0 saturated carbocycles. The van der Waals surface area contributed by atoms with E-state index in [9.17, 15) is 9.18 Å². The molecule has 0 aliphatic rings. The molecular weight excluding hydrogens is 311 g/mol. The van der Waals surface area contributed by atoms with E-state index in [4.69, 9.17) is 4.74 Å². The van der Waals surface area contributed by atoms with Crippen LogP contribution in [0.25, 0.3) is 6.08 Å². The van der Waals surface area contributed by atoms with Crippen molar-refractivity contribution in [2.75, 3.05) is 0 Å². The van der Waals surface area contributed by atoms with Crippen LogP contribution in [0.5, 0.6) is 5.75 Å². The van der Waals surface area contributed by atoms with Crippen LogP contribution >= 0.6 is 15.9 Å². The fraction of sp³-hybridized carbons (Fsp3) is 0. The molecule has 96 valence electrons. The Kier molecular flexibility index (Phi) is 4.47. The maximum atomic E-state index is 12.7. The van der Waals surface area contributed by atoms with Crippen LogP contribution in [0.4, 0.5) is 4.39 Å². The maximum absolute atomic E-state index is 12.7. The van der Waals surface area contributed by atoms with Crippen molar-refractivity contribution in [2.45, 2.75) is 0 Å². The summed E-state index contributed by atoms with van der Waals surface area (Å²) < 4.78 is 18.7. The fourth-order valence-corrected chi connectivity index (χ4v) is 1.66. The van der Waals surface area contributed by atoms with Crippen LogP contribution < -0.4 is 4.74 Å². The first-order valence-corrected chi connectivity index (χ1v) is 6.34. The molecule has 2 rings (SSSR count). The van der Waals surface area contributed by atoms with E-state index in [-0.39, 0.29) is 5.82 Å². The molecule has 0 saturated heterocycles. The number of benzene rings is 2. The zero-order valence-corrected chi connectivity index (χ0v) is 11.4. The Balaban J connectivity index is 1.97. The van der Waals surface area contributed by atoms with Gasteiger partial charge in [0.25, 0.3) is 0 Å². The minimum absolute atomic E-state index is 0.311. The highest BCUT2D eigenvalue weighted by molar-refractivity contribution is 9.10. The highest BCUT2D eigenvalue weighted by Gasteiger charge is 2.00. The van der Waals surface area contributed by atoms with Gasteiger partial charge < -0.3 is 4.74 Å². The van der Waals surface area contributed by atoms with Crippen LogP contribution in [0.3, 0.4) is 0 Å². The molecule has 0 fully saturated rings. The van der Waals surface area contributed by atoms with Crippen molar-refractivity contribution in [2.24, 2.45) is 0 Å². The molecule has 2 aromatic rings. The van der Waals surface area contributed by atoms with Crippen molar-refractivity contribution in [1.82, 2.24) is 0 Å². The monoisotopic (exact) mass is 320 g/mol. The third kappa shape index (κ3) is 4.34. The number of carbonyl (C=O) groups is 1. The smallest absolute Gasteiger partial charge is 0.336 e. The summed E-state index contributed by atoms with van der Waals surface area (Å²) in [5.74, 6) is -0.321. The van der Waals surface area contributed by atoms with E-state index in [1.165, 1.54) is 18.2 Å². The molecule has 0 heterocycles. The molecule has 0 radical (unpaired) electrons. The number of carbonyl (C=O) groups excluding carboxylic acids is 1. The van der Waals surface area contributed by atoms with Crippen LogP contribution in [0.2, 0.25) is 0 Å². The van der Waals surface area contributed by atoms with E-state index >= 15 is 0 Å². The molecule has 0 N–H and O–H groups in total. The number of rotatable bonds is 3. The molecule has 4 heteroatoms. The predicted molar refractivity (Wildman–Crippen MR) is 75.2 cm³/mol. The average Bonchev–Trinajstić information content (AvgIpc) is 2.41. The van der Waals surface area contributed by atoms with Crippen molar-refractivity contribution >= 4 is 28.0 Å². The summed E-state index contributed by atoms with van der Waals surface area (Å²) in [6.45, 7) is 0. The van der Waals surface area contributed by atoms with Crippen LogP contribution in [0.15, 0.2) is 59.1 Å². The second kappa shape index (κ2) is 6.29. The Morgan fingerprint density at radius 3 is 2.32 bits per heavy atom. The summed E-state index contributed by atoms with van der Waals surface area (Å²) in [7, 11) is 0. The first kappa shape index (κ1) is 13.5. The normalized spacial score (nSPS) is 10.6. The van der Waals surface area contributed by atoms with Crippen molar-refractivity contribution in [3.05, 3.63) is 70.5 Å². The van der Waals surface area contributed by atoms with E-state index in [1.54, 1.807) is 42.5 Å². The van der Waals surface area contributed by atoms with Crippen molar-refractivity contribution in [3.8, 4) is 5.75 Å². The minimum Gasteiger partial charge on any atom is -0.423 e.